The number of carbonyl (C=O) groups excluding carboxylic acids is 1. The second-order valence-electron chi connectivity index (χ2n) is 4.53. The molecule has 1 aliphatic rings. The van der Waals surface area contributed by atoms with Gasteiger partial charge < -0.3 is 4.74 Å². The highest BCUT2D eigenvalue weighted by atomic mass is 16.5. The van der Waals surface area contributed by atoms with Crippen molar-refractivity contribution in [2.75, 3.05) is 7.11 Å². The number of hydrogen-bond donors (Lipinski definition) is 0. The summed E-state index contributed by atoms with van der Waals surface area (Å²) >= 11 is 0. The third-order valence-electron chi connectivity index (χ3n) is 2.36. The molecule has 0 N–H and O–H groups in total. The molecule has 74 valence electrons. The lowest BCUT2D eigenvalue weighted by Gasteiger charge is -2.27. The Morgan fingerprint density at radius 1 is 1.23 bits per heavy atom. The van der Waals surface area contributed by atoms with E-state index in [1.165, 1.54) is 0 Å². The van der Waals surface area contributed by atoms with E-state index in [0.29, 0.717) is 6.42 Å². The van der Waals surface area contributed by atoms with Gasteiger partial charge in [-0.25, -0.2) is 0 Å². The van der Waals surface area contributed by atoms with E-state index in [9.17, 15) is 4.79 Å². The molecule has 0 spiro atoms. The molecule has 0 amide bonds. The second kappa shape index (κ2) is 3.52. The molecule has 0 bridgehead atoms. The van der Waals surface area contributed by atoms with Crippen molar-refractivity contribution in [3.63, 3.8) is 0 Å². The average Bonchev–Trinajstić information content (AvgIpc) is 2.01. The quantitative estimate of drug-likeness (QED) is 0.623. The van der Waals surface area contributed by atoms with Crippen LogP contribution in [-0.4, -0.2) is 12.9 Å². The molecule has 0 saturated heterocycles. The number of hydrogen-bond acceptors (Lipinski definition) is 2. The van der Waals surface area contributed by atoms with E-state index in [2.05, 4.69) is 20.8 Å². The van der Waals surface area contributed by atoms with Crippen LogP contribution in [0.5, 0.6) is 0 Å². The normalized spacial score (nSPS) is 19.2. The van der Waals surface area contributed by atoms with Crippen molar-refractivity contribution in [3.8, 4) is 0 Å². The van der Waals surface area contributed by atoms with E-state index < -0.39 is 0 Å². The van der Waals surface area contributed by atoms with Gasteiger partial charge in [0.05, 0.1) is 7.11 Å². The van der Waals surface area contributed by atoms with Crippen molar-refractivity contribution < 1.29 is 9.53 Å². The highest BCUT2D eigenvalue weighted by Gasteiger charge is 2.30. The fourth-order valence-corrected chi connectivity index (χ4v) is 1.86. The maximum absolute atomic E-state index is 11.7. The topological polar surface area (TPSA) is 26.3 Å². The van der Waals surface area contributed by atoms with Crippen LogP contribution in [0.15, 0.2) is 11.3 Å². The minimum atomic E-state index is -0.0805. The first kappa shape index (κ1) is 10.3. The lowest BCUT2D eigenvalue weighted by atomic mass is 9.78. The first-order valence-corrected chi connectivity index (χ1v) is 4.77. The first-order valence-electron chi connectivity index (χ1n) is 4.77. The summed E-state index contributed by atoms with van der Waals surface area (Å²) in [4.78, 5) is 11.7. The summed E-state index contributed by atoms with van der Waals surface area (Å²) in [5.41, 5.74) is 0.810. The van der Waals surface area contributed by atoms with Gasteiger partial charge in [-0.1, -0.05) is 20.8 Å². The number of rotatable bonds is 1. The molecular weight excluding hydrogens is 164 g/mol. The van der Waals surface area contributed by atoms with Gasteiger partial charge in [0.2, 0.25) is 0 Å². The molecule has 1 aliphatic carbocycles. The van der Waals surface area contributed by atoms with Crippen LogP contribution < -0.4 is 0 Å². The molecule has 0 aromatic carbocycles. The summed E-state index contributed by atoms with van der Waals surface area (Å²) in [7, 11) is 1.65. The maximum Gasteiger partial charge on any atom is 0.162 e. The van der Waals surface area contributed by atoms with Gasteiger partial charge in [0.15, 0.2) is 5.78 Å². The molecule has 1 rings (SSSR count). The summed E-state index contributed by atoms with van der Waals surface area (Å²) in [6, 6.07) is 0. The second-order valence-corrected chi connectivity index (χ2v) is 4.53. The number of ether oxygens (including phenoxy) is 1. The van der Waals surface area contributed by atoms with Crippen molar-refractivity contribution in [2.24, 2.45) is 5.41 Å². The van der Waals surface area contributed by atoms with Crippen molar-refractivity contribution in [2.45, 2.75) is 40.0 Å². The van der Waals surface area contributed by atoms with Crippen LogP contribution in [0.2, 0.25) is 0 Å². The highest BCUT2D eigenvalue weighted by molar-refractivity contribution is 5.97. The predicted molar refractivity (Wildman–Crippen MR) is 52.3 cm³/mol. The molecule has 2 heteroatoms. The van der Waals surface area contributed by atoms with E-state index in [1.54, 1.807) is 7.11 Å². The highest BCUT2D eigenvalue weighted by Crippen LogP contribution is 2.35. The SMILES string of the molecule is COC1=C(C(C)(C)C)C(=O)CCC1. The third-order valence-corrected chi connectivity index (χ3v) is 2.36. The van der Waals surface area contributed by atoms with Crippen molar-refractivity contribution in [3.05, 3.63) is 11.3 Å². The Morgan fingerprint density at radius 2 is 1.85 bits per heavy atom. The van der Waals surface area contributed by atoms with Crippen molar-refractivity contribution in [1.82, 2.24) is 0 Å². The van der Waals surface area contributed by atoms with E-state index in [4.69, 9.17) is 4.74 Å². The minimum Gasteiger partial charge on any atom is -0.501 e. The Kier molecular flexibility index (Phi) is 2.79. The van der Waals surface area contributed by atoms with E-state index in [-0.39, 0.29) is 11.2 Å². The zero-order chi connectivity index (χ0) is 10.1. The Labute approximate surface area is 80.0 Å². The number of Topliss-reactive ketones (excluding diaryl/α,β-unsaturated/α-hetero) is 1. The van der Waals surface area contributed by atoms with Crippen LogP contribution in [0.1, 0.15) is 40.0 Å². The first-order chi connectivity index (χ1) is 5.96. The number of ketones is 1. The molecule has 0 aromatic heterocycles. The van der Waals surface area contributed by atoms with Gasteiger partial charge in [-0.2, -0.15) is 0 Å². The van der Waals surface area contributed by atoms with E-state index >= 15 is 0 Å². The van der Waals surface area contributed by atoms with Crippen molar-refractivity contribution in [1.29, 1.82) is 0 Å². The number of allylic oxidation sites excluding steroid dienone is 2. The fourth-order valence-electron chi connectivity index (χ4n) is 1.86. The molecule has 2 nitrogen and oxygen atoms in total. The Balaban J connectivity index is 3.09. The lowest BCUT2D eigenvalue weighted by molar-refractivity contribution is -0.117. The van der Waals surface area contributed by atoms with Gasteiger partial charge >= 0.3 is 0 Å². The van der Waals surface area contributed by atoms with Crippen LogP contribution in [0.4, 0.5) is 0 Å². The summed E-state index contributed by atoms with van der Waals surface area (Å²) in [6.07, 6.45) is 2.52. The summed E-state index contributed by atoms with van der Waals surface area (Å²) < 4.78 is 5.26. The van der Waals surface area contributed by atoms with Gasteiger partial charge in [-0.05, 0) is 11.8 Å². The van der Waals surface area contributed by atoms with Crippen LogP contribution in [0.3, 0.4) is 0 Å². The third kappa shape index (κ3) is 2.11. The van der Waals surface area contributed by atoms with Crippen molar-refractivity contribution >= 4 is 5.78 Å². The molecule has 0 atom stereocenters. The Bertz CT molecular complexity index is 243. The zero-order valence-electron chi connectivity index (χ0n) is 8.94. The monoisotopic (exact) mass is 182 g/mol. The number of carbonyl (C=O) groups is 1. The zero-order valence-corrected chi connectivity index (χ0v) is 8.94. The number of methoxy groups -OCH3 is 1. The molecule has 0 saturated carbocycles. The smallest absolute Gasteiger partial charge is 0.162 e. The average molecular weight is 182 g/mol. The van der Waals surface area contributed by atoms with Crippen LogP contribution >= 0.6 is 0 Å². The van der Waals surface area contributed by atoms with Gasteiger partial charge in [0.1, 0.15) is 5.76 Å². The molecule has 0 heterocycles. The maximum atomic E-state index is 11.7. The molecule has 0 aromatic rings. The summed E-state index contributed by atoms with van der Waals surface area (Å²) in [5.74, 6) is 1.15. The molecule has 0 radical (unpaired) electrons. The van der Waals surface area contributed by atoms with Gasteiger partial charge in [0, 0.05) is 18.4 Å². The summed E-state index contributed by atoms with van der Waals surface area (Å²) in [5, 5.41) is 0. The predicted octanol–water partition coefficient (Wildman–Crippen LogP) is 2.69. The van der Waals surface area contributed by atoms with Crippen LogP contribution in [-0.2, 0) is 9.53 Å². The van der Waals surface area contributed by atoms with E-state index in [0.717, 1.165) is 24.2 Å². The Hall–Kier alpha value is -0.790. The van der Waals surface area contributed by atoms with Gasteiger partial charge in [0.25, 0.3) is 0 Å². The lowest BCUT2D eigenvalue weighted by Crippen LogP contribution is -2.23. The standard InChI is InChI=1S/C11H18O2/c1-11(2,3)10-8(12)6-5-7-9(10)13-4/h5-7H2,1-4H3. The molecule has 0 unspecified atom stereocenters. The largest absolute Gasteiger partial charge is 0.501 e. The van der Waals surface area contributed by atoms with Crippen LogP contribution in [0, 0.1) is 5.41 Å². The van der Waals surface area contributed by atoms with E-state index in [1.807, 2.05) is 0 Å². The molecule has 0 aliphatic heterocycles. The minimum absolute atomic E-state index is 0.0805. The van der Waals surface area contributed by atoms with Crippen LogP contribution in [0.25, 0.3) is 0 Å². The fraction of sp³-hybridized carbons (Fsp3) is 0.727. The summed E-state index contributed by atoms with van der Waals surface area (Å²) in [6.45, 7) is 6.18. The van der Waals surface area contributed by atoms with Gasteiger partial charge in [-0.3, -0.25) is 4.79 Å². The molecular formula is C11H18O2. The molecule has 0 fully saturated rings. The Morgan fingerprint density at radius 3 is 2.23 bits per heavy atom. The van der Waals surface area contributed by atoms with Gasteiger partial charge in [-0.15, -0.1) is 0 Å². The molecule has 13 heavy (non-hydrogen) atoms.